The van der Waals surface area contributed by atoms with Crippen LogP contribution in [0.4, 0.5) is 0 Å². The summed E-state index contributed by atoms with van der Waals surface area (Å²) in [6.45, 7) is 5.38. The van der Waals surface area contributed by atoms with Crippen molar-refractivity contribution in [1.82, 2.24) is 5.32 Å². The van der Waals surface area contributed by atoms with Gasteiger partial charge in [0.1, 0.15) is 5.75 Å². The largest absolute Gasteiger partial charge is 0.493 e. The third kappa shape index (κ3) is 6.05. The summed E-state index contributed by atoms with van der Waals surface area (Å²) in [4.78, 5) is 12.1. The molecule has 0 aliphatic carbocycles. The van der Waals surface area contributed by atoms with Crippen molar-refractivity contribution < 1.29 is 9.53 Å². The van der Waals surface area contributed by atoms with Gasteiger partial charge < -0.3 is 15.8 Å². The van der Waals surface area contributed by atoms with E-state index in [0.29, 0.717) is 19.1 Å². The molecule has 0 saturated heterocycles. The number of nitrogens with one attached hydrogen (secondary N) is 1. The Bertz CT molecular complexity index is 641. The molecule has 0 aliphatic heterocycles. The topological polar surface area (TPSA) is 64.3 Å². The Morgan fingerprint density at radius 3 is 2.58 bits per heavy atom. The molecular weight excluding hydrogens is 300 g/mol. The summed E-state index contributed by atoms with van der Waals surface area (Å²) in [6.07, 6.45) is 0.271. The number of hydrogen-bond acceptors (Lipinski definition) is 3. The van der Waals surface area contributed by atoms with Gasteiger partial charge >= 0.3 is 0 Å². The molecular formula is C20H26N2O2. The van der Waals surface area contributed by atoms with Gasteiger partial charge in [-0.1, -0.05) is 56.3 Å². The van der Waals surface area contributed by atoms with Crippen LogP contribution in [0.1, 0.15) is 37.4 Å². The number of nitrogens with two attached hydrogens (primary N) is 1. The fraction of sp³-hybridized carbons (Fsp3) is 0.350. The third-order valence-corrected chi connectivity index (χ3v) is 3.60. The summed E-state index contributed by atoms with van der Waals surface area (Å²) < 4.78 is 5.70. The highest BCUT2D eigenvalue weighted by Gasteiger charge is 2.11. The predicted octanol–water partition coefficient (Wildman–Crippen LogP) is 3.43. The lowest BCUT2D eigenvalue weighted by Crippen LogP contribution is -2.27. The van der Waals surface area contributed by atoms with Crippen molar-refractivity contribution in [3.05, 3.63) is 65.7 Å². The maximum absolute atomic E-state index is 12.1. The second-order valence-corrected chi connectivity index (χ2v) is 6.35. The fourth-order valence-corrected chi connectivity index (χ4v) is 2.30. The molecule has 2 aromatic carbocycles. The number of hydrogen-bond donors (Lipinski definition) is 2. The van der Waals surface area contributed by atoms with Crippen molar-refractivity contribution >= 4 is 5.91 Å². The van der Waals surface area contributed by atoms with Gasteiger partial charge in [-0.15, -0.1) is 0 Å². The van der Waals surface area contributed by atoms with Crippen LogP contribution in [-0.4, -0.2) is 12.5 Å². The van der Waals surface area contributed by atoms with Crippen LogP contribution in [-0.2, 0) is 11.3 Å². The average molecular weight is 326 g/mol. The van der Waals surface area contributed by atoms with Crippen molar-refractivity contribution in [2.75, 3.05) is 6.61 Å². The molecule has 128 valence electrons. The molecule has 0 bridgehead atoms. The summed E-state index contributed by atoms with van der Waals surface area (Å²) >= 11 is 0. The predicted molar refractivity (Wildman–Crippen MR) is 96.6 cm³/mol. The second kappa shape index (κ2) is 9.08. The first-order chi connectivity index (χ1) is 11.5. The van der Waals surface area contributed by atoms with E-state index in [2.05, 4.69) is 19.2 Å². The molecule has 0 fully saturated rings. The van der Waals surface area contributed by atoms with Gasteiger partial charge in [0, 0.05) is 19.0 Å². The van der Waals surface area contributed by atoms with Crippen LogP contribution < -0.4 is 15.8 Å². The van der Waals surface area contributed by atoms with Crippen LogP contribution in [0.2, 0.25) is 0 Å². The fourth-order valence-electron chi connectivity index (χ4n) is 2.30. The molecule has 0 aliphatic rings. The van der Waals surface area contributed by atoms with E-state index in [9.17, 15) is 4.79 Å². The highest BCUT2D eigenvalue weighted by molar-refractivity contribution is 5.76. The van der Waals surface area contributed by atoms with E-state index in [1.807, 2.05) is 54.6 Å². The van der Waals surface area contributed by atoms with E-state index in [1.54, 1.807) is 0 Å². The standard InChI is InChI=1S/C20H26N2O2/c1-15(2)14-24-18-10-6-7-16(11-18)13-22-20(23)12-19(21)17-8-4-3-5-9-17/h3-11,15,19H,12-14,21H2,1-2H3,(H,22,23). The molecule has 0 heterocycles. The summed E-state index contributed by atoms with van der Waals surface area (Å²) in [5.41, 5.74) is 8.06. The number of ether oxygens (including phenoxy) is 1. The molecule has 1 unspecified atom stereocenters. The molecule has 0 aromatic heterocycles. The maximum atomic E-state index is 12.1. The lowest BCUT2D eigenvalue weighted by Gasteiger charge is -2.13. The minimum absolute atomic E-state index is 0.0557. The van der Waals surface area contributed by atoms with Crippen molar-refractivity contribution in [1.29, 1.82) is 0 Å². The molecule has 4 nitrogen and oxygen atoms in total. The summed E-state index contributed by atoms with van der Waals surface area (Å²) in [5.74, 6) is 1.25. The van der Waals surface area contributed by atoms with Crippen LogP contribution in [0, 0.1) is 5.92 Å². The maximum Gasteiger partial charge on any atom is 0.222 e. The zero-order chi connectivity index (χ0) is 17.4. The summed E-state index contributed by atoms with van der Waals surface area (Å²) in [5, 5.41) is 2.92. The van der Waals surface area contributed by atoms with Crippen molar-refractivity contribution in [2.45, 2.75) is 32.9 Å². The highest BCUT2D eigenvalue weighted by Crippen LogP contribution is 2.15. The Kier molecular flexibility index (Phi) is 6.82. The Morgan fingerprint density at radius 2 is 1.88 bits per heavy atom. The van der Waals surface area contributed by atoms with Crippen molar-refractivity contribution in [3.63, 3.8) is 0 Å². The summed E-state index contributed by atoms with van der Waals surface area (Å²) in [6, 6.07) is 17.2. The van der Waals surface area contributed by atoms with Gasteiger partial charge in [-0.25, -0.2) is 0 Å². The number of amides is 1. The van der Waals surface area contributed by atoms with Crippen LogP contribution >= 0.6 is 0 Å². The number of rotatable bonds is 8. The van der Waals surface area contributed by atoms with E-state index < -0.39 is 0 Å². The van der Waals surface area contributed by atoms with Crippen LogP contribution in [0.15, 0.2) is 54.6 Å². The SMILES string of the molecule is CC(C)COc1cccc(CNC(=O)CC(N)c2ccccc2)c1. The summed E-state index contributed by atoms with van der Waals surface area (Å²) in [7, 11) is 0. The average Bonchev–Trinajstić information content (AvgIpc) is 2.59. The number of carbonyl (C=O) groups is 1. The lowest BCUT2D eigenvalue weighted by molar-refractivity contribution is -0.121. The molecule has 0 saturated carbocycles. The Morgan fingerprint density at radius 1 is 1.12 bits per heavy atom. The second-order valence-electron chi connectivity index (χ2n) is 6.35. The zero-order valence-electron chi connectivity index (χ0n) is 14.4. The van der Waals surface area contributed by atoms with Crippen LogP contribution in [0.25, 0.3) is 0 Å². The molecule has 0 spiro atoms. The Hall–Kier alpha value is -2.33. The third-order valence-electron chi connectivity index (χ3n) is 3.60. The van der Waals surface area contributed by atoms with Gasteiger partial charge in [0.25, 0.3) is 0 Å². The smallest absolute Gasteiger partial charge is 0.222 e. The first-order valence-corrected chi connectivity index (χ1v) is 8.33. The monoisotopic (exact) mass is 326 g/mol. The van der Waals surface area contributed by atoms with Gasteiger partial charge in [-0.05, 0) is 29.2 Å². The number of carbonyl (C=O) groups excluding carboxylic acids is 1. The van der Waals surface area contributed by atoms with Crippen LogP contribution in [0.3, 0.4) is 0 Å². The first-order valence-electron chi connectivity index (χ1n) is 8.33. The molecule has 4 heteroatoms. The van der Waals surface area contributed by atoms with Gasteiger partial charge in [0.05, 0.1) is 6.61 Å². The van der Waals surface area contributed by atoms with Crippen molar-refractivity contribution in [2.24, 2.45) is 11.7 Å². The molecule has 2 aromatic rings. The van der Waals surface area contributed by atoms with E-state index in [1.165, 1.54) is 0 Å². The molecule has 24 heavy (non-hydrogen) atoms. The van der Waals surface area contributed by atoms with Gasteiger partial charge in [0.15, 0.2) is 0 Å². The normalized spacial score (nSPS) is 12.0. The van der Waals surface area contributed by atoms with E-state index in [-0.39, 0.29) is 18.4 Å². The number of benzene rings is 2. The minimum Gasteiger partial charge on any atom is -0.493 e. The minimum atomic E-state index is -0.285. The molecule has 1 atom stereocenters. The van der Waals surface area contributed by atoms with Crippen LogP contribution in [0.5, 0.6) is 5.75 Å². The van der Waals surface area contributed by atoms with E-state index >= 15 is 0 Å². The molecule has 0 radical (unpaired) electrons. The zero-order valence-corrected chi connectivity index (χ0v) is 14.4. The van der Waals surface area contributed by atoms with Gasteiger partial charge in [-0.3, -0.25) is 4.79 Å². The Balaban J connectivity index is 1.82. The first kappa shape index (κ1) is 18.0. The van der Waals surface area contributed by atoms with Gasteiger partial charge in [-0.2, -0.15) is 0 Å². The van der Waals surface area contributed by atoms with E-state index in [0.717, 1.165) is 16.9 Å². The van der Waals surface area contributed by atoms with Crippen molar-refractivity contribution in [3.8, 4) is 5.75 Å². The van der Waals surface area contributed by atoms with Gasteiger partial charge in [0.2, 0.25) is 5.91 Å². The lowest BCUT2D eigenvalue weighted by atomic mass is 10.0. The quantitative estimate of drug-likeness (QED) is 0.781. The molecule has 3 N–H and O–H groups in total. The molecule has 1 amide bonds. The highest BCUT2D eigenvalue weighted by atomic mass is 16.5. The van der Waals surface area contributed by atoms with E-state index in [4.69, 9.17) is 10.5 Å². The Labute approximate surface area is 144 Å². The molecule has 2 rings (SSSR count).